The Bertz CT molecular complexity index is 1660. The number of anilines is 3. The quantitative estimate of drug-likeness (QED) is 0.247. The van der Waals surface area contributed by atoms with E-state index in [2.05, 4.69) is 36.0 Å². The molecule has 0 saturated carbocycles. The average Bonchev–Trinajstić information content (AvgIpc) is 3.50. The van der Waals surface area contributed by atoms with E-state index in [0.29, 0.717) is 34.8 Å². The summed E-state index contributed by atoms with van der Waals surface area (Å²) in [6.07, 6.45) is 4.71. The third-order valence-electron chi connectivity index (χ3n) is 6.30. The van der Waals surface area contributed by atoms with Gasteiger partial charge in [-0.1, -0.05) is 6.07 Å². The number of aromatic nitrogens is 5. The molecule has 5 aromatic rings. The standard InChI is InChI=1S/C27H28N8O3/c1-15-5-7-19(33-26(36)18-6-8-21-23(9-18)29-13-28-21)10-22(15)34-25-24-17(3)20(11-35(24)31-14-30-25)27(37)32-16(2)12-38-4/h5-11,13-14,16H,12H2,1-4H3,(H,28,29)(H,32,37)(H,33,36)(H,30,31,34)/t16-/m0/s1. The number of carbonyl (C=O) groups excluding carboxylic acids is 2. The summed E-state index contributed by atoms with van der Waals surface area (Å²) in [5.74, 6) is 0.0944. The molecule has 11 heteroatoms. The molecule has 0 aliphatic heterocycles. The van der Waals surface area contributed by atoms with Crippen molar-refractivity contribution in [2.24, 2.45) is 0 Å². The minimum Gasteiger partial charge on any atom is -0.383 e. The topological polar surface area (TPSA) is 138 Å². The van der Waals surface area contributed by atoms with Crippen LogP contribution in [0.1, 0.15) is 38.8 Å². The predicted molar refractivity (Wildman–Crippen MR) is 145 cm³/mol. The summed E-state index contributed by atoms with van der Waals surface area (Å²) in [6.45, 7) is 6.11. The molecule has 0 unspecified atom stereocenters. The highest BCUT2D eigenvalue weighted by Crippen LogP contribution is 2.29. The van der Waals surface area contributed by atoms with Crippen LogP contribution in [0.25, 0.3) is 16.6 Å². The van der Waals surface area contributed by atoms with Crippen molar-refractivity contribution >= 4 is 45.6 Å². The number of benzene rings is 2. The summed E-state index contributed by atoms with van der Waals surface area (Å²) in [7, 11) is 1.59. The number of aromatic amines is 1. The zero-order chi connectivity index (χ0) is 26.8. The Labute approximate surface area is 218 Å². The molecule has 0 spiro atoms. The van der Waals surface area contributed by atoms with Crippen LogP contribution in [0, 0.1) is 13.8 Å². The van der Waals surface area contributed by atoms with Crippen LogP contribution in [0.3, 0.4) is 0 Å². The fourth-order valence-electron chi connectivity index (χ4n) is 4.32. The number of amides is 2. The van der Waals surface area contributed by atoms with Crippen molar-refractivity contribution in [2.75, 3.05) is 24.4 Å². The smallest absolute Gasteiger partial charge is 0.255 e. The van der Waals surface area contributed by atoms with Crippen molar-refractivity contribution in [3.8, 4) is 0 Å². The lowest BCUT2D eigenvalue weighted by molar-refractivity contribution is 0.0904. The van der Waals surface area contributed by atoms with Gasteiger partial charge in [-0.3, -0.25) is 9.59 Å². The van der Waals surface area contributed by atoms with Crippen LogP contribution in [0.5, 0.6) is 0 Å². The van der Waals surface area contributed by atoms with E-state index in [1.807, 2.05) is 39.0 Å². The van der Waals surface area contributed by atoms with Crippen LogP contribution in [0.4, 0.5) is 17.2 Å². The number of ether oxygens (including phenoxy) is 1. The van der Waals surface area contributed by atoms with Crippen LogP contribution in [0.2, 0.25) is 0 Å². The van der Waals surface area contributed by atoms with E-state index < -0.39 is 0 Å². The van der Waals surface area contributed by atoms with Gasteiger partial charge in [-0.15, -0.1) is 0 Å². The second-order valence-electron chi connectivity index (χ2n) is 9.14. The third-order valence-corrected chi connectivity index (χ3v) is 6.30. The highest BCUT2D eigenvalue weighted by Gasteiger charge is 2.20. The Hall–Kier alpha value is -4.77. The van der Waals surface area contributed by atoms with Crippen molar-refractivity contribution in [1.29, 1.82) is 0 Å². The van der Waals surface area contributed by atoms with Crippen LogP contribution in [-0.2, 0) is 4.74 Å². The molecule has 0 aliphatic rings. The summed E-state index contributed by atoms with van der Waals surface area (Å²) in [6, 6.07) is 10.8. The van der Waals surface area contributed by atoms with Crippen LogP contribution >= 0.6 is 0 Å². The van der Waals surface area contributed by atoms with Gasteiger partial charge in [-0.2, -0.15) is 5.10 Å². The number of nitrogens with zero attached hydrogens (tertiary/aromatic N) is 4. The van der Waals surface area contributed by atoms with Crippen molar-refractivity contribution in [3.05, 3.63) is 77.5 Å². The van der Waals surface area contributed by atoms with Gasteiger partial charge in [0, 0.05) is 36.3 Å². The third kappa shape index (κ3) is 4.91. The first kappa shape index (κ1) is 24.9. The molecule has 0 aliphatic carbocycles. The van der Waals surface area contributed by atoms with E-state index in [9.17, 15) is 9.59 Å². The minimum atomic E-state index is -0.235. The van der Waals surface area contributed by atoms with E-state index in [1.54, 1.807) is 42.3 Å². The summed E-state index contributed by atoms with van der Waals surface area (Å²) in [5, 5.41) is 13.5. The van der Waals surface area contributed by atoms with Crippen LogP contribution < -0.4 is 16.0 Å². The summed E-state index contributed by atoms with van der Waals surface area (Å²) in [4.78, 5) is 37.4. The maximum absolute atomic E-state index is 12.9. The molecule has 194 valence electrons. The Balaban J connectivity index is 1.40. The molecule has 5 rings (SSSR count). The number of hydrogen-bond donors (Lipinski definition) is 4. The fourth-order valence-corrected chi connectivity index (χ4v) is 4.32. The summed E-state index contributed by atoms with van der Waals surface area (Å²) >= 11 is 0. The molecule has 3 aromatic heterocycles. The van der Waals surface area contributed by atoms with E-state index in [1.165, 1.54) is 6.33 Å². The van der Waals surface area contributed by atoms with E-state index in [-0.39, 0.29) is 17.9 Å². The molecule has 0 saturated heterocycles. The van der Waals surface area contributed by atoms with Crippen molar-refractivity contribution in [3.63, 3.8) is 0 Å². The lowest BCUT2D eigenvalue weighted by atomic mass is 10.1. The predicted octanol–water partition coefficient (Wildman–Crippen LogP) is 3.98. The molecule has 3 heterocycles. The first-order chi connectivity index (χ1) is 18.3. The highest BCUT2D eigenvalue weighted by atomic mass is 16.5. The molecule has 0 radical (unpaired) electrons. The number of fused-ring (bicyclic) bond motifs is 2. The van der Waals surface area contributed by atoms with E-state index in [0.717, 1.165) is 27.8 Å². The Kier molecular flexibility index (Phi) is 6.75. The van der Waals surface area contributed by atoms with Crippen molar-refractivity contribution in [2.45, 2.75) is 26.8 Å². The first-order valence-corrected chi connectivity index (χ1v) is 12.1. The zero-order valence-corrected chi connectivity index (χ0v) is 21.5. The minimum absolute atomic E-state index is 0.138. The monoisotopic (exact) mass is 512 g/mol. The lowest BCUT2D eigenvalue weighted by Gasteiger charge is -2.13. The van der Waals surface area contributed by atoms with Crippen molar-refractivity contribution < 1.29 is 14.3 Å². The van der Waals surface area contributed by atoms with Gasteiger partial charge in [-0.25, -0.2) is 14.5 Å². The number of carbonyl (C=O) groups is 2. The van der Waals surface area contributed by atoms with Crippen LogP contribution in [0.15, 0.2) is 55.2 Å². The number of aryl methyl sites for hydroxylation is 2. The largest absolute Gasteiger partial charge is 0.383 e. The number of H-pyrrole nitrogens is 1. The molecule has 4 N–H and O–H groups in total. The van der Waals surface area contributed by atoms with Gasteiger partial charge in [0.1, 0.15) is 11.8 Å². The van der Waals surface area contributed by atoms with Gasteiger partial charge in [-0.05, 0) is 62.2 Å². The number of rotatable bonds is 8. The normalized spacial score (nSPS) is 12.0. The molecule has 2 aromatic carbocycles. The summed E-state index contributed by atoms with van der Waals surface area (Å²) < 4.78 is 6.75. The molecule has 0 fully saturated rings. The maximum Gasteiger partial charge on any atom is 0.255 e. The molecule has 11 nitrogen and oxygen atoms in total. The highest BCUT2D eigenvalue weighted by molar-refractivity contribution is 6.06. The second-order valence-corrected chi connectivity index (χ2v) is 9.14. The Morgan fingerprint density at radius 1 is 1.11 bits per heavy atom. The maximum atomic E-state index is 12.9. The van der Waals surface area contributed by atoms with Gasteiger partial charge >= 0.3 is 0 Å². The number of nitrogens with one attached hydrogen (secondary N) is 4. The molecule has 2 amide bonds. The molecule has 0 bridgehead atoms. The van der Waals surface area contributed by atoms with Gasteiger partial charge in [0.2, 0.25) is 0 Å². The van der Waals surface area contributed by atoms with Crippen LogP contribution in [-0.4, -0.2) is 56.1 Å². The van der Waals surface area contributed by atoms with Gasteiger partial charge < -0.3 is 25.7 Å². The SMILES string of the molecule is COC[C@H](C)NC(=O)c1cn2ncnc(Nc3cc(NC(=O)c4ccc5nc[nH]c5c4)ccc3C)c2c1C. The number of hydrogen-bond acceptors (Lipinski definition) is 7. The average molecular weight is 513 g/mol. The Morgan fingerprint density at radius 2 is 1.95 bits per heavy atom. The molecular formula is C27H28N8O3. The van der Waals surface area contributed by atoms with Gasteiger partial charge in [0.25, 0.3) is 11.8 Å². The van der Waals surface area contributed by atoms with Gasteiger partial charge in [0.15, 0.2) is 5.82 Å². The van der Waals surface area contributed by atoms with Crippen molar-refractivity contribution in [1.82, 2.24) is 29.9 Å². The number of methoxy groups -OCH3 is 1. The van der Waals surface area contributed by atoms with E-state index >= 15 is 0 Å². The van der Waals surface area contributed by atoms with E-state index in [4.69, 9.17) is 4.74 Å². The molecule has 38 heavy (non-hydrogen) atoms. The summed E-state index contributed by atoms with van der Waals surface area (Å²) in [5.41, 5.74) is 6.36. The lowest BCUT2D eigenvalue weighted by Crippen LogP contribution is -2.35. The number of imidazole rings is 1. The van der Waals surface area contributed by atoms with Gasteiger partial charge in [0.05, 0.1) is 29.5 Å². The second kappa shape index (κ2) is 10.3. The zero-order valence-electron chi connectivity index (χ0n) is 21.5. The Morgan fingerprint density at radius 3 is 2.76 bits per heavy atom. The molecular weight excluding hydrogens is 484 g/mol. The fraction of sp³-hybridized carbons (Fsp3) is 0.222. The molecule has 1 atom stereocenters. The first-order valence-electron chi connectivity index (χ1n) is 12.1.